The molecule has 24 heavy (non-hydrogen) atoms. The van der Waals surface area contributed by atoms with Crippen LogP contribution in [0.15, 0.2) is 42.1 Å². The fraction of sp³-hybridized carbons (Fsp3) is 0.389. The minimum atomic E-state index is 0.0529. The number of amides is 1. The van der Waals surface area contributed by atoms with Crippen LogP contribution in [0.4, 0.5) is 0 Å². The zero-order valence-corrected chi connectivity index (χ0v) is 14.7. The molecule has 1 aliphatic carbocycles. The average Bonchev–Trinajstić information content (AvgIpc) is 3.32. The molecular weight excluding hydrogens is 320 g/mol. The number of aryl methyl sites for hydroxylation is 1. The van der Waals surface area contributed by atoms with Crippen LogP contribution >= 0.6 is 11.8 Å². The van der Waals surface area contributed by atoms with E-state index in [-0.39, 0.29) is 5.91 Å². The van der Waals surface area contributed by atoms with Crippen LogP contribution in [0.2, 0.25) is 0 Å². The first-order valence-electron chi connectivity index (χ1n) is 8.18. The van der Waals surface area contributed by atoms with Crippen molar-refractivity contribution in [3.8, 4) is 11.4 Å². The second-order valence-corrected chi connectivity index (χ2v) is 7.05. The molecule has 1 saturated carbocycles. The molecule has 6 heteroatoms. The molecule has 1 aromatic heterocycles. The number of hydrogen-bond donors (Lipinski definition) is 1. The highest BCUT2D eigenvalue weighted by Gasteiger charge is 2.22. The number of benzene rings is 1. The molecule has 1 aromatic carbocycles. The third-order valence-corrected chi connectivity index (χ3v) is 4.89. The summed E-state index contributed by atoms with van der Waals surface area (Å²) in [5, 5.41) is 12.3. The van der Waals surface area contributed by atoms with Crippen molar-refractivity contribution in [3.63, 3.8) is 0 Å². The minimum Gasteiger partial charge on any atom is -0.355 e. The molecule has 0 atom stereocenters. The second kappa shape index (κ2) is 7.66. The molecule has 0 bridgehead atoms. The van der Waals surface area contributed by atoms with Gasteiger partial charge in [0.15, 0.2) is 11.0 Å². The van der Waals surface area contributed by atoms with Gasteiger partial charge in [-0.15, -0.1) is 16.8 Å². The topological polar surface area (TPSA) is 59.8 Å². The highest BCUT2D eigenvalue weighted by molar-refractivity contribution is 7.99. The molecule has 2 aromatic rings. The molecule has 5 nitrogen and oxygen atoms in total. The smallest absolute Gasteiger partial charge is 0.230 e. The highest BCUT2D eigenvalue weighted by Crippen LogP contribution is 2.28. The summed E-state index contributed by atoms with van der Waals surface area (Å²) in [4.78, 5) is 11.9. The normalized spacial score (nSPS) is 13.7. The summed E-state index contributed by atoms with van der Waals surface area (Å²) in [6, 6.07) is 8.17. The Morgan fingerprint density at radius 2 is 2.29 bits per heavy atom. The maximum absolute atomic E-state index is 11.9. The monoisotopic (exact) mass is 342 g/mol. The standard InChI is InChI=1S/C18H22N4OS/c1-3-9-22-17(15-6-4-5-13(2)10-15)20-21-18(22)24-12-16(23)19-11-14-7-8-14/h3-6,10,14H,1,7-9,11-12H2,2H3,(H,19,23). The van der Waals surface area contributed by atoms with Crippen LogP contribution < -0.4 is 5.32 Å². The summed E-state index contributed by atoms with van der Waals surface area (Å²) in [6.07, 6.45) is 4.29. The number of carbonyl (C=O) groups excluding carboxylic acids is 1. The molecule has 1 heterocycles. The molecule has 1 amide bonds. The summed E-state index contributed by atoms with van der Waals surface area (Å²) in [5.74, 6) is 1.91. The van der Waals surface area contributed by atoms with Gasteiger partial charge in [-0.3, -0.25) is 9.36 Å². The first-order chi connectivity index (χ1) is 11.7. The number of nitrogens with zero attached hydrogens (tertiary/aromatic N) is 3. The first kappa shape index (κ1) is 16.8. The Kier molecular flexibility index (Phi) is 5.35. The summed E-state index contributed by atoms with van der Waals surface area (Å²) in [7, 11) is 0. The quantitative estimate of drug-likeness (QED) is 0.592. The van der Waals surface area contributed by atoms with Crippen molar-refractivity contribution in [1.29, 1.82) is 0 Å². The van der Waals surface area contributed by atoms with Gasteiger partial charge in [0.25, 0.3) is 0 Å². The van der Waals surface area contributed by atoms with Crippen LogP contribution in [0.5, 0.6) is 0 Å². The Hall–Kier alpha value is -2.08. The van der Waals surface area contributed by atoms with Crippen molar-refractivity contribution in [1.82, 2.24) is 20.1 Å². The number of aromatic nitrogens is 3. The van der Waals surface area contributed by atoms with Gasteiger partial charge < -0.3 is 5.32 Å². The van der Waals surface area contributed by atoms with Crippen LogP contribution in [-0.2, 0) is 11.3 Å². The van der Waals surface area contributed by atoms with E-state index < -0.39 is 0 Å². The Morgan fingerprint density at radius 3 is 3.00 bits per heavy atom. The molecule has 0 spiro atoms. The number of allylic oxidation sites excluding steroid dienone is 1. The van der Waals surface area contributed by atoms with Crippen LogP contribution in [-0.4, -0.2) is 33.0 Å². The Balaban J connectivity index is 1.70. The number of nitrogens with one attached hydrogen (secondary N) is 1. The number of hydrogen-bond acceptors (Lipinski definition) is 4. The van der Waals surface area contributed by atoms with E-state index in [1.54, 1.807) is 0 Å². The molecule has 1 N–H and O–H groups in total. The Morgan fingerprint density at radius 1 is 1.46 bits per heavy atom. The van der Waals surface area contributed by atoms with E-state index in [1.165, 1.54) is 30.2 Å². The van der Waals surface area contributed by atoms with E-state index in [1.807, 2.05) is 22.8 Å². The maximum atomic E-state index is 11.9. The van der Waals surface area contributed by atoms with Crippen molar-refractivity contribution in [2.45, 2.75) is 31.5 Å². The molecule has 126 valence electrons. The van der Waals surface area contributed by atoms with Gasteiger partial charge in [0, 0.05) is 18.7 Å². The predicted octanol–water partition coefficient (Wildman–Crippen LogP) is 3.06. The van der Waals surface area contributed by atoms with E-state index >= 15 is 0 Å². The van der Waals surface area contributed by atoms with Crippen LogP contribution in [0.1, 0.15) is 18.4 Å². The lowest BCUT2D eigenvalue weighted by atomic mass is 10.1. The Labute approximate surface area is 146 Å². The van der Waals surface area contributed by atoms with Crippen LogP contribution in [0, 0.1) is 12.8 Å². The van der Waals surface area contributed by atoms with Gasteiger partial charge in [-0.1, -0.05) is 41.6 Å². The highest BCUT2D eigenvalue weighted by atomic mass is 32.2. The van der Waals surface area contributed by atoms with E-state index in [9.17, 15) is 4.79 Å². The van der Waals surface area contributed by atoms with Gasteiger partial charge in [0.05, 0.1) is 5.75 Å². The van der Waals surface area contributed by atoms with Crippen molar-refractivity contribution >= 4 is 17.7 Å². The number of rotatable bonds is 8. The van der Waals surface area contributed by atoms with Crippen molar-refractivity contribution in [3.05, 3.63) is 42.5 Å². The van der Waals surface area contributed by atoms with Crippen molar-refractivity contribution < 1.29 is 4.79 Å². The molecule has 0 aliphatic heterocycles. The van der Waals surface area contributed by atoms with Gasteiger partial charge in [-0.05, 0) is 31.7 Å². The largest absolute Gasteiger partial charge is 0.355 e. The lowest BCUT2D eigenvalue weighted by Crippen LogP contribution is -2.27. The molecular formula is C18H22N4OS. The predicted molar refractivity (Wildman–Crippen MR) is 96.8 cm³/mol. The lowest BCUT2D eigenvalue weighted by Gasteiger charge is -2.08. The van der Waals surface area contributed by atoms with E-state index in [0.717, 1.165) is 23.1 Å². The van der Waals surface area contributed by atoms with Crippen LogP contribution in [0.3, 0.4) is 0 Å². The van der Waals surface area contributed by atoms with Crippen molar-refractivity contribution in [2.75, 3.05) is 12.3 Å². The summed E-state index contributed by atoms with van der Waals surface area (Å²) in [5.41, 5.74) is 2.20. The van der Waals surface area contributed by atoms with E-state index in [4.69, 9.17) is 0 Å². The molecule has 0 unspecified atom stereocenters. The third-order valence-electron chi connectivity index (χ3n) is 3.92. The molecule has 1 fully saturated rings. The average molecular weight is 342 g/mol. The van der Waals surface area contributed by atoms with Gasteiger partial charge in [0.1, 0.15) is 0 Å². The summed E-state index contributed by atoms with van der Waals surface area (Å²) >= 11 is 1.42. The fourth-order valence-corrected chi connectivity index (χ4v) is 3.23. The third kappa shape index (κ3) is 4.26. The number of carbonyl (C=O) groups is 1. The molecule has 0 radical (unpaired) electrons. The SMILES string of the molecule is C=CCn1c(SCC(=O)NCC2CC2)nnc1-c1cccc(C)c1. The lowest BCUT2D eigenvalue weighted by molar-refractivity contribution is -0.118. The summed E-state index contributed by atoms with van der Waals surface area (Å²) in [6.45, 7) is 7.28. The van der Waals surface area contributed by atoms with Gasteiger partial charge >= 0.3 is 0 Å². The maximum Gasteiger partial charge on any atom is 0.230 e. The van der Waals surface area contributed by atoms with Crippen molar-refractivity contribution in [2.24, 2.45) is 5.92 Å². The number of thioether (sulfide) groups is 1. The van der Waals surface area contributed by atoms with Crippen LogP contribution in [0.25, 0.3) is 11.4 Å². The van der Waals surface area contributed by atoms with Gasteiger partial charge in [-0.2, -0.15) is 0 Å². The second-order valence-electron chi connectivity index (χ2n) is 6.11. The van der Waals surface area contributed by atoms with E-state index in [2.05, 4.69) is 41.1 Å². The zero-order valence-electron chi connectivity index (χ0n) is 13.9. The zero-order chi connectivity index (χ0) is 16.9. The fourth-order valence-electron chi connectivity index (χ4n) is 2.45. The minimum absolute atomic E-state index is 0.0529. The van der Waals surface area contributed by atoms with Gasteiger partial charge in [0.2, 0.25) is 5.91 Å². The summed E-state index contributed by atoms with van der Waals surface area (Å²) < 4.78 is 2.00. The Bertz CT molecular complexity index is 736. The first-order valence-corrected chi connectivity index (χ1v) is 9.16. The van der Waals surface area contributed by atoms with Gasteiger partial charge in [-0.25, -0.2) is 0 Å². The molecule has 0 saturated heterocycles. The van der Waals surface area contributed by atoms with E-state index in [0.29, 0.717) is 18.2 Å². The molecule has 1 aliphatic rings. The molecule has 3 rings (SSSR count).